The van der Waals surface area contributed by atoms with Gasteiger partial charge < -0.3 is 15.4 Å². The Hall–Kier alpha value is -1.71. The maximum atomic E-state index is 6.23. The van der Waals surface area contributed by atoms with Crippen LogP contribution in [0.4, 0.5) is 5.69 Å². The molecule has 0 aliphatic heterocycles. The first-order valence-corrected chi connectivity index (χ1v) is 7.72. The van der Waals surface area contributed by atoms with E-state index in [0.717, 1.165) is 12.0 Å². The third-order valence-corrected chi connectivity index (χ3v) is 4.14. The summed E-state index contributed by atoms with van der Waals surface area (Å²) in [4.78, 5) is 2.10. The Morgan fingerprint density at radius 3 is 2.55 bits per heavy atom. The molecule has 22 heavy (non-hydrogen) atoms. The molecule has 0 radical (unpaired) electrons. The molecular weight excluding hydrogens is 296 g/mol. The fourth-order valence-electron chi connectivity index (χ4n) is 2.52. The van der Waals surface area contributed by atoms with Gasteiger partial charge in [0.25, 0.3) is 0 Å². The van der Waals surface area contributed by atoms with Crippen molar-refractivity contribution in [2.24, 2.45) is 5.73 Å². The van der Waals surface area contributed by atoms with Gasteiger partial charge in [0.2, 0.25) is 0 Å². The molecule has 0 bridgehead atoms. The number of methoxy groups -OCH3 is 1. The Morgan fingerprint density at radius 1 is 1.18 bits per heavy atom. The van der Waals surface area contributed by atoms with E-state index in [1.165, 1.54) is 11.3 Å². The number of nitrogens with zero attached hydrogens (tertiary/aromatic N) is 1. The van der Waals surface area contributed by atoms with Gasteiger partial charge >= 0.3 is 0 Å². The van der Waals surface area contributed by atoms with Crippen molar-refractivity contribution in [1.29, 1.82) is 0 Å². The lowest BCUT2D eigenvalue weighted by molar-refractivity contribution is 0.414. The maximum Gasteiger partial charge on any atom is 0.137 e. The van der Waals surface area contributed by atoms with E-state index < -0.39 is 0 Å². The van der Waals surface area contributed by atoms with E-state index >= 15 is 0 Å². The lowest BCUT2D eigenvalue weighted by Gasteiger charge is -2.18. The lowest BCUT2D eigenvalue weighted by Crippen LogP contribution is -2.15. The van der Waals surface area contributed by atoms with Crippen molar-refractivity contribution in [3.63, 3.8) is 0 Å². The third-order valence-electron chi connectivity index (χ3n) is 3.84. The normalized spacial score (nSPS) is 12.0. The Kier molecular flexibility index (Phi) is 5.69. The van der Waals surface area contributed by atoms with Gasteiger partial charge in [0, 0.05) is 25.7 Å². The van der Waals surface area contributed by atoms with E-state index in [1.807, 2.05) is 32.3 Å². The number of ether oxygens (including phenoxy) is 1. The third kappa shape index (κ3) is 3.93. The van der Waals surface area contributed by atoms with Gasteiger partial charge in [-0.3, -0.25) is 0 Å². The van der Waals surface area contributed by atoms with Crippen LogP contribution in [0.2, 0.25) is 5.02 Å². The fourth-order valence-corrected chi connectivity index (χ4v) is 2.79. The van der Waals surface area contributed by atoms with Crippen LogP contribution in [0.1, 0.15) is 17.0 Å². The summed E-state index contributed by atoms with van der Waals surface area (Å²) >= 11 is 6.23. The average molecular weight is 319 g/mol. The second-order valence-corrected chi connectivity index (χ2v) is 6.00. The van der Waals surface area contributed by atoms with Gasteiger partial charge in [-0.15, -0.1) is 0 Å². The van der Waals surface area contributed by atoms with Gasteiger partial charge in [-0.2, -0.15) is 0 Å². The van der Waals surface area contributed by atoms with Crippen molar-refractivity contribution in [2.45, 2.75) is 12.3 Å². The zero-order valence-corrected chi connectivity index (χ0v) is 14.1. The van der Waals surface area contributed by atoms with Crippen LogP contribution in [0.15, 0.2) is 42.5 Å². The monoisotopic (exact) mass is 318 g/mol. The molecule has 0 saturated carbocycles. The molecule has 2 aromatic rings. The number of nitrogens with two attached hydrogens (primary N) is 1. The first-order chi connectivity index (χ1) is 10.5. The van der Waals surface area contributed by atoms with Gasteiger partial charge in [0.05, 0.1) is 12.1 Å². The minimum absolute atomic E-state index is 0.237. The molecule has 0 amide bonds. The van der Waals surface area contributed by atoms with Crippen molar-refractivity contribution >= 4 is 17.3 Å². The van der Waals surface area contributed by atoms with Crippen molar-refractivity contribution in [1.82, 2.24) is 0 Å². The molecule has 0 aliphatic rings. The van der Waals surface area contributed by atoms with Gasteiger partial charge in [0.1, 0.15) is 5.75 Å². The zero-order chi connectivity index (χ0) is 16.1. The molecule has 1 atom stereocenters. The number of benzene rings is 2. The highest BCUT2D eigenvalue weighted by Gasteiger charge is 2.13. The Labute approximate surface area is 137 Å². The topological polar surface area (TPSA) is 38.5 Å². The van der Waals surface area contributed by atoms with Crippen LogP contribution in [0.5, 0.6) is 5.75 Å². The predicted octanol–water partition coefficient (Wildman–Crippen LogP) is 3.70. The highest BCUT2D eigenvalue weighted by Crippen LogP contribution is 2.30. The van der Waals surface area contributed by atoms with Crippen LogP contribution >= 0.6 is 11.6 Å². The Bertz CT molecular complexity index is 628. The maximum absolute atomic E-state index is 6.23. The predicted molar refractivity (Wildman–Crippen MR) is 94.3 cm³/mol. The van der Waals surface area contributed by atoms with Gasteiger partial charge in [0.15, 0.2) is 0 Å². The van der Waals surface area contributed by atoms with Gasteiger partial charge in [-0.05, 0) is 48.4 Å². The summed E-state index contributed by atoms with van der Waals surface area (Å²) in [6.07, 6.45) is 0.890. The molecular formula is C18H23ClN2O. The number of anilines is 1. The summed E-state index contributed by atoms with van der Waals surface area (Å²) in [5.74, 6) is 0.927. The largest absolute Gasteiger partial charge is 0.495 e. The second-order valence-electron chi connectivity index (χ2n) is 5.60. The van der Waals surface area contributed by atoms with E-state index in [2.05, 4.69) is 29.2 Å². The molecule has 0 saturated heterocycles. The highest BCUT2D eigenvalue weighted by atomic mass is 35.5. The summed E-state index contributed by atoms with van der Waals surface area (Å²) in [5, 5.41) is 0.625. The summed E-state index contributed by atoms with van der Waals surface area (Å²) in [6, 6.07) is 14.4. The van der Waals surface area contributed by atoms with Crippen molar-refractivity contribution in [3.05, 3.63) is 58.6 Å². The fraction of sp³-hybridized carbons (Fsp3) is 0.333. The van der Waals surface area contributed by atoms with Crippen LogP contribution in [0, 0.1) is 0 Å². The minimum atomic E-state index is 0.237. The molecule has 4 heteroatoms. The molecule has 2 rings (SSSR count). The molecule has 118 valence electrons. The summed E-state index contributed by atoms with van der Waals surface area (Å²) in [6.45, 7) is 0.578. The molecule has 0 aromatic heterocycles. The summed E-state index contributed by atoms with van der Waals surface area (Å²) < 4.78 is 5.20. The van der Waals surface area contributed by atoms with Crippen molar-refractivity contribution < 1.29 is 4.74 Å². The number of hydrogen-bond donors (Lipinski definition) is 1. The number of halogens is 1. The lowest BCUT2D eigenvalue weighted by atomic mass is 9.92. The second kappa shape index (κ2) is 7.52. The molecule has 3 nitrogen and oxygen atoms in total. The summed E-state index contributed by atoms with van der Waals surface area (Å²) in [5.41, 5.74) is 9.60. The Balaban J connectivity index is 2.22. The van der Waals surface area contributed by atoms with E-state index in [-0.39, 0.29) is 5.92 Å². The van der Waals surface area contributed by atoms with Crippen LogP contribution in [-0.2, 0) is 6.42 Å². The molecule has 2 N–H and O–H groups in total. The molecule has 0 heterocycles. The molecule has 1 unspecified atom stereocenters. The van der Waals surface area contributed by atoms with E-state index in [0.29, 0.717) is 17.3 Å². The average Bonchev–Trinajstić information content (AvgIpc) is 2.52. The van der Waals surface area contributed by atoms with Crippen LogP contribution < -0.4 is 15.4 Å². The van der Waals surface area contributed by atoms with Crippen molar-refractivity contribution in [3.8, 4) is 5.75 Å². The quantitative estimate of drug-likeness (QED) is 0.882. The zero-order valence-electron chi connectivity index (χ0n) is 13.3. The van der Waals surface area contributed by atoms with Gasteiger partial charge in [-0.25, -0.2) is 0 Å². The van der Waals surface area contributed by atoms with E-state index in [9.17, 15) is 0 Å². The van der Waals surface area contributed by atoms with E-state index in [4.69, 9.17) is 22.1 Å². The molecule has 0 fully saturated rings. The molecule has 0 spiro atoms. The first-order valence-electron chi connectivity index (χ1n) is 7.35. The van der Waals surface area contributed by atoms with Crippen LogP contribution in [0.3, 0.4) is 0 Å². The van der Waals surface area contributed by atoms with Crippen LogP contribution in [0.25, 0.3) is 0 Å². The Morgan fingerprint density at radius 2 is 1.95 bits per heavy atom. The van der Waals surface area contributed by atoms with Crippen LogP contribution in [-0.4, -0.2) is 27.7 Å². The molecule has 0 aliphatic carbocycles. The standard InChI is InChI=1S/C18H23ClN2O/c1-21(2)16-6-4-5-13(10-16)9-15(12-20)14-7-8-18(22-3)17(19)11-14/h4-8,10-11,15H,9,12,20H2,1-3H3. The first kappa shape index (κ1) is 16.7. The summed E-state index contributed by atoms with van der Waals surface area (Å²) in [7, 11) is 5.71. The smallest absolute Gasteiger partial charge is 0.137 e. The highest BCUT2D eigenvalue weighted by molar-refractivity contribution is 6.32. The van der Waals surface area contributed by atoms with Gasteiger partial charge in [-0.1, -0.05) is 29.8 Å². The number of rotatable bonds is 6. The van der Waals surface area contributed by atoms with Crippen molar-refractivity contribution in [2.75, 3.05) is 32.6 Å². The minimum Gasteiger partial charge on any atom is -0.495 e. The van der Waals surface area contributed by atoms with E-state index in [1.54, 1.807) is 7.11 Å². The number of hydrogen-bond acceptors (Lipinski definition) is 3. The SMILES string of the molecule is COc1ccc(C(CN)Cc2cccc(N(C)C)c2)cc1Cl. The molecule has 2 aromatic carbocycles.